The van der Waals surface area contributed by atoms with E-state index in [9.17, 15) is 13.6 Å². The zero-order valence-electron chi connectivity index (χ0n) is 9.68. The van der Waals surface area contributed by atoms with E-state index < -0.39 is 17.6 Å². The quantitative estimate of drug-likeness (QED) is 0.893. The number of amides is 1. The molecule has 0 aliphatic heterocycles. The number of rotatable bonds is 3. The van der Waals surface area contributed by atoms with E-state index in [1.165, 1.54) is 30.5 Å². The van der Waals surface area contributed by atoms with Crippen molar-refractivity contribution in [1.82, 2.24) is 4.98 Å². The molecule has 0 atom stereocenters. The van der Waals surface area contributed by atoms with Gasteiger partial charge in [0.1, 0.15) is 0 Å². The summed E-state index contributed by atoms with van der Waals surface area (Å²) in [5.74, 6) is -3.30. The summed E-state index contributed by atoms with van der Waals surface area (Å²) in [6.07, 6.45) is 0.831. The van der Waals surface area contributed by atoms with Crippen LogP contribution >= 0.6 is 0 Å². The van der Waals surface area contributed by atoms with E-state index in [2.05, 4.69) is 4.98 Å². The number of nitrogens with zero attached hydrogens (tertiary/aromatic N) is 1. The molecule has 0 bridgehead atoms. The molecule has 2 N–H and O–H groups in total. The van der Waals surface area contributed by atoms with Crippen LogP contribution in [0.5, 0.6) is 0 Å². The fourth-order valence-corrected chi connectivity index (χ4v) is 1.69. The molecule has 2 aromatic rings. The average molecular weight is 264 g/mol. The first kappa shape index (κ1) is 12.9. The Bertz CT molecular complexity index is 588. The van der Waals surface area contributed by atoms with E-state index in [-0.39, 0.29) is 11.3 Å². The molecule has 2 rings (SSSR count). The highest BCUT2D eigenvalue weighted by atomic mass is 19.3. The van der Waals surface area contributed by atoms with Gasteiger partial charge in [-0.25, -0.2) is 4.79 Å². The van der Waals surface area contributed by atoms with Gasteiger partial charge >= 0.3 is 12.0 Å². The normalized spacial score (nSPS) is 11.1. The van der Waals surface area contributed by atoms with Crippen LogP contribution in [-0.4, -0.2) is 16.2 Å². The largest absolute Gasteiger partial charge is 0.465 e. The molecule has 0 aliphatic rings. The Morgan fingerprint density at radius 2 is 1.89 bits per heavy atom. The van der Waals surface area contributed by atoms with Gasteiger partial charge in [-0.05, 0) is 6.07 Å². The second-order valence-electron chi connectivity index (χ2n) is 3.79. The maximum Gasteiger partial charge on any atom is 0.409 e. The summed E-state index contributed by atoms with van der Waals surface area (Å²) in [6, 6.07) is 8.28. The molecule has 0 spiro atoms. The molecular formula is C13H10F2N2O2. The minimum absolute atomic E-state index is 0.213. The predicted octanol–water partition coefficient (Wildman–Crippen LogP) is 3.31. The molecule has 0 radical (unpaired) electrons. The molecule has 98 valence electrons. The van der Waals surface area contributed by atoms with E-state index in [0.29, 0.717) is 0 Å². The van der Waals surface area contributed by atoms with E-state index in [1.54, 1.807) is 6.07 Å². The second-order valence-corrected chi connectivity index (χ2v) is 3.79. The van der Waals surface area contributed by atoms with Crippen LogP contribution in [-0.2, 0) is 5.92 Å². The fourth-order valence-electron chi connectivity index (χ4n) is 1.69. The average Bonchev–Trinajstić information content (AvgIpc) is 2.39. The van der Waals surface area contributed by atoms with E-state index in [0.717, 1.165) is 12.3 Å². The third-order valence-corrected chi connectivity index (χ3v) is 2.54. The van der Waals surface area contributed by atoms with Gasteiger partial charge in [0.15, 0.2) is 0 Å². The maximum absolute atomic E-state index is 14.3. The van der Waals surface area contributed by atoms with Crippen LogP contribution in [0.3, 0.4) is 0 Å². The maximum atomic E-state index is 14.3. The smallest absolute Gasteiger partial charge is 0.409 e. The van der Waals surface area contributed by atoms with Crippen LogP contribution in [0, 0.1) is 0 Å². The molecule has 0 saturated carbocycles. The highest BCUT2D eigenvalue weighted by Gasteiger charge is 2.36. The lowest BCUT2D eigenvalue weighted by molar-refractivity contribution is 0.0435. The van der Waals surface area contributed by atoms with Crippen molar-refractivity contribution < 1.29 is 18.7 Å². The monoisotopic (exact) mass is 264 g/mol. The summed E-state index contributed by atoms with van der Waals surface area (Å²) in [5, 5.41) is 10.6. The standard InChI is InChI=1S/C13H10F2N2O2/c14-13(15,9-4-2-1-3-5-9)10-6-7-16-8-11(10)17-12(18)19/h1-8,17H,(H,18,19). The first-order chi connectivity index (χ1) is 9.01. The van der Waals surface area contributed by atoms with Crippen molar-refractivity contribution >= 4 is 11.8 Å². The summed E-state index contributed by atoms with van der Waals surface area (Å²) in [6.45, 7) is 0. The van der Waals surface area contributed by atoms with Crippen molar-refractivity contribution in [3.8, 4) is 0 Å². The molecular weight excluding hydrogens is 254 g/mol. The first-order valence-corrected chi connectivity index (χ1v) is 5.39. The molecule has 6 heteroatoms. The lowest BCUT2D eigenvalue weighted by atomic mass is 10.00. The Kier molecular flexibility index (Phi) is 3.41. The Labute approximate surface area is 107 Å². The number of anilines is 1. The molecule has 1 heterocycles. The zero-order chi connectivity index (χ0) is 13.9. The van der Waals surface area contributed by atoms with Gasteiger partial charge < -0.3 is 5.11 Å². The van der Waals surface area contributed by atoms with Crippen molar-refractivity contribution in [2.24, 2.45) is 0 Å². The van der Waals surface area contributed by atoms with Crippen molar-refractivity contribution in [3.63, 3.8) is 0 Å². The Balaban J connectivity index is 2.49. The van der Waals surface area contributed by atoms with Crippen LogP contribution in [0.1, 0.15) is 11.1 Å². The van der Waals surface area contributed by atoms with Crippen molar-refractivity contribution in [3.05, 3.63) is 59.9 Å². The zero-order valence-corrected chi connectivity index (χ0v) is 9.68. The molecule has 19 heavy (non-hydrogen) atoms. The first-order valence-electron chi connectivity index (χ1n) is 5.39. The summed E-state index contributed by atoms with van der Waals surface area (Å²) in [7, 11) is 0. The molecule has 1 aromatic carbocycles. The van der Waals surface area contributed by atoms with Crippen LogP contribution < -0.4 is 5.32 Å². The molecule has 1 aromatic heterocycles. The Hall–Kier alpha value is -2.50. The molecule has 0 saturated heterocycles. The van der Waals surface area contributed by atoms with Gasteiger partial charge in [0.2, 0.25) is 0 Å². The highest BCUT2D eigenvalue weighted by Crippen LogP contribution is 2.38. The van der Waals surface area contributed by atoms with E-state index >= 15 is 0 Å². The molecule has 0 unspecified atom stereocenters. The molecule has 0 aliphatic carbocycles. The van der Waals surface area contributed by atoms with Gasteiger partial charge in [-0.3, -0.25) is 10.3 Å². The van der Waals surface area contributed by atoms with Crippen molar-refractivity contribution in [2.45, 2.75) is 5.92 Å². The number of carboxylic acid groups (broad SMARTS) is 1. The summed E-state index contributed by atoms with van der Waals surface area (Å²) in [4.78, 5) is 14.2. The summed E-state index contributed by atoms with van der Waals surface area (Å²) >= 11 is 0. The van der Waals surface area contributed by atoms with Gasteiger partial charge in [-0.1, -0.05) is 30.3 Å². The number of benzene rings is 1. The fraction of sp³-hybridized carbons (Fsp3) is 0.0769. The molecule has 4 nitrogen and oxygen atoms in total. The van der Waals surface area contributed by atoms with E-state index in [4.69, 9.17) is 5.11 Å². The van der Waals surface area contributed by atoms with Crippen LogP contribution in [0.2, 0.25) is 0 Å². The second kappa shape index (κ2) is 5.01. The third kappa shape index (κ3) is 2.67. The van der Waals surface area contributed by atoms with Crippen LogP contribution in [0.4, 0.5) is 19.3 Å². The van der Waals surface area contributed by atoms with Crippen molar-refractivity contribution in [1.29, 1.82) is 0 Å². The molecule has 0 fully saturated rings. The number of hydrogen-bond acceptors (Lipinski definition) is 2. The number of carbonyl (C=O) groups is 1. The van der Waals surface area contributed by atoms with Crippen molar-refractivity contribution in [2.75, 3.05) is 5.32 Å². The lowest BCUT2D eigenvalue weighted by Crippen LogP contribution is -2.19. The number of halogens is 2. The Morgan fingerprint density at radius 3 is 2.53 bits per heavy atom. The number of nitrogens with one attached hydrogen (secondary N) is 1. The summed E-state index contributed by atoms with van der Waals surface area (Å²) in [5.41, 5.74) is -0.880. The number of pyridine rings is 1. The highest BCUT2D eigenvalue weighted by molar-refractivity contribution is 5.84. The minimum atomic E-state index is -3.30. The topological polar surface area (TPSA) is 62.2 Å². The van der Waals surface area contributed by atoms with Gasteiger partial charge in [0, 0.05) is 11.8 Å². The third-order valence-electron chi connectivity index (χ3n) is 2.54. The van der Waals surface area contributed by atoms with E-state index in [1.807, 2.05) is 5.32 Å². The Morgan fingerprint density at radius 1 is 1.21 bits per heavy atom. The van der Waals surface area contributed by atoms with Gasteiger partial charge in [-0.15, -0.1) is 0 Å². The van der Waals surface area contributed by atoms with Crippen LogP contribution in [0.15, 0.2) is 48.8 Å². The van der Waals surface area contributed by atoms with Crippen LogP contribution in [0.25, 0.3) is 0 Å². The lowest BCUT2D eigenvalue weighted by Gasteiger charge is -2.19. The van der Waals surface area contributed by atoms with Gasteiger partial charge in [-0.2, -0.15) is 8.78 Å². The minimum Gasteiger partial charge on any atom is -0.465 e. The van der Waals surface area contributed by atoms with Gasteiger partial charge in [0.05, 0.1) is 17.4 Å². The summed E-state index contributed by atoms with van der Waals surface area (Å²) < 4.78 is 28.7. The number of aromatic nitrogens is 1. The number of alkyl halides is 2. The van der Waals surface area contributed by atoms with Gasteiger partial charge in [0.25, 0.3) is 0 Å². The number of hydrogen-bond donors (Lipinski definition) is 2. The SMILES string of the molecule is O=C(O)Nc1cnccc1C(F)(F)c1ccccc1. The predicted molar refractivity (Wildman–Crippen MR) is 65.3 cm³/mol. The molecule has 1 amide bonds.